The number of hydrogen-bond acceptors (Lipinski definition) is 6. The molecule has 0 aliphatic rings. The maximum absolute atomic E-state index is 10.9. The number of anilines is 1. The first-order chi connectivity index (χ1) is 12.2. The zero-order valence-corrected chi connectivity index (χ0v) is 15.4. The lowest BCUT2D eigenvalue weighted by molar-refractivity contribution is -0.132. The van der Waals surface area contributed by atoms with Gasteiger partial charge in [-0.25, -0.2) is 9.78 Å². The molecule has 26 heavy (non-hydrogen) atoms. The number of rotatable bonds is 7. The van der Waals surface area contributed by atoms with Crippen LogP contribution in [0.2, 0.25) is 0 Å². The number of carbonyl (C=O) groups is 1. The first kappa shape index (κ1) is 19.5. The van der Waals surface area contributed by atoms with Crippen molar-refractivity contribution in [2.24, 2.45) is 5.41 Å². The Hall–Kier alpha value is -2.85. The number of oxazole rings is 1. The summed E-state index contributed by atoms with van der Waals surface area (Å²) >= 11 is 0. The predicted octanol–water partition coefficient (Wildman–Crippen LogP) is 3.32. The number of nitrogens with zero attached hydrogens (tertiary/aromatic N) is 3. The molecule has 0 unspecified atom stereocenters. The Labute approximate surface area is 152 Å². The summed E-state index contributed by atoms with van der Waals surface area (Å²) < 4.78 is 11.2. The van der Waals surface area contributed by atoms with Crippen LogP contribution in [0, 0.1) is 16.7 Å². The predicted molar refractivity (Wildman–Crippen MR) is 98.8 cm³/mol. The molecule has 1 aromatic carbocycles. The van der Waals surface area contributed by atoms with E-state index in [1.807, 2.05) is 24.1 Å². The molecule has 0 bridgehead atoms. The Bertz CT molecular complexity index is 856. The van der Waals surface area contributed by atoms with Crippen molar-refractivity contribution in [2.75, 3.05) is 31.7 Å². The molecule has 1 heterocycles. The van der Waals surface area contributed by atoms with E-state index in [4.69, 9.17) is 19.5 Å². The number of fused-ring (bicyclic) bond motifs is 1. The smallest absolute Gasteiger partial charge is 0.346 e. The molecule has 0 fully saturated rings. The number of aromatic nitrogens is 1. The zero-order valence-electron chi connectivity index (χ0n) is 15.4. The van der Waals surface area contributed by atoms with Gasteiger partial charge in [0.15, 0.2) is 5.58 Å². The van der Waals surface area contributed by atoms with Gasteiger partial charge >= 0.3 is 5.97 Å². The maximum atomic E-state index is 10.9. The molecular formula is C19H23N3O4. The van der Waals surface area contributed by atoms with E-state index >= 15 is 0 Å². The molecule has 0 aliphatic heterocycles. The van der Waals surface area contributed by atoms with Crippen LogP contribution in [-0.2, 0) is 9.53 Å². The van der Waals surface area contributed by atoms with E-state index in [-0.39, 0.29) is 11.3 Å². The van der Waals surface area contributed by atoms with Crippen molar-refractivity contribution in [1.82, 2.24) is 4.98 Å². The van der Waals surface area contributed by atoms with Crippen LogP contribution >= 0.6 is 0 Å². The molecule has 0 spiro atoms. The van der Waals surface area contributed by atoms with E-state index < -0.39 is 11.5 Å². The molecule has 7 heteroatoms. The number of hydrogen-bond donors (Lipinski definition) is 1. The normalized spacial score (nSPS) is 12.2. The van der Waals surface area contributed by atoms with Gasteiger partial charge in [0.05, 0.1) is 13.2 Å². The molecule has 138 valence electrons. The lowest BCUT2D eigenvalue weighted by atomic mass is 9.99. The van der Waals surface area contributed by atoms with Crippen LogP contribution in [0.4, 0.5) is 5.69 Å². The molecule has 1 N–H and O–H groups in total. The summed E-state index contributed by atoms with van der Waals surface area (Å²) in [5.74, 6) is -1.22. The Balaban J connectivity index is 2.09. The summed E-state index contributed by atoms with van der Waals surface area (Å²) in [7, 11) is 1.96. The van der Waals surface area contributed by atoms with Crippen molar-refractivity contribution in [2.45, 2.75) is 20.8 Å². The number of aliphatic carboxylic acids is 1. The van der Waals surface area contributed by atoms with Gasteiger partial charge < -0.3 is 19.2 Å². The number of benzene rings is 1. The molecule has 0 saturated carbocycles. The Morgan fingerprint density at radius 3 is 2.81 bits per heavy atom. The SMILES string of the molecule is CN(CCOCC(C)(C)C)c1ccc2nc(/C=C(\C#N)C(=O)O)oc2c1. The summed E-state index contributed by atoms with van der Waals surface area (Å²) in [4.78, 5) is 17.1. The Kier molecular flexibility index (Phi) is 6.01. The monoisotopic (exact) mass is 357 g/mol. The second-order valence-electron chi connectivity index (χ2n) is 7.21. The van der Waals surface area contributed by atoms with Gasteiger partial charge in [0, 0.05) is 31.4 Å². The van der Waals surface area contributed by atoms with Gasteiger partial charge in [-0.15, -0.1) is 0 Å². The van der Waals surface area contributed by atoms with Crippen molar-refractivity contribution in [3.05, 3.63) is 29.7 Å². The molecule has 2 rings (SSSR count). The molecule has 0 amide bonds. The van der Waals surface area contributed by atoms with Crippen molar-refractivity contribution in [3.63, 3.8) is 0 Å². The van der Waals surface area contributed by atoms with E-state index in [1.165, 1.54) is 0 Å². The molecule has 0 radical (unpaired) electrons. The molecule has 0 aliphatic carbocycles. The molecule has 2 aromatic rings. The Morgan fingerprint density at radius 2 is 2.19 bits per heavy atom. The topological polar surface area (TPSA) is 99.6 Å². The van der Waals surface area contributed by atoms with Crippen molar-refractivity contribution in [3.8, 4) is 6.07 Å². The molecule has 1 aromatic heterocycles. The van der Waals surface area contributed by atoms with Crippen LogP contribution in [0.5, 0.6) is 0 Å². The minimum absolute atomic E-state index is 0.0901. The van der Waals surface area contributed by atoms with Gasteiger partial charge in [-0.2, -0.15) is 5.26 Å². The quantitative estimate of drug-likeness (QED) is 0.461. The van der Waals surface area contributed by atoms with E-state index in [2.05, 4.69) is 25.8 Å². The van der Waals surface area contributed by atoms with Gasteiger partial charge in [-0.05, 0) is 17.5 Å². The lowest BCUT2D eigenvalue weighted by Gasteiger charge is -2.22. The van der Waals surface area contributed by atoms with Crippen molar-refractivity contribution in [1.29, 1.82) is 5.26 Å². The average Bonchev–Trinajstić information content (AvgIpc) is 2.96. The lowest BCUT2D eigenvalue weighted by Crippen LogP contribution is -2.24. The van der Waals surface area contributed by atoms with Gasteiger partial charge in [-0.3, -0.25) is 0 Å². The Morgan fingerprint density at radius 1 is 1.46 bits per heavy atom. The highest BCUT2D eigenvalue weighted by Crippen LogP contribution is 2.23. The van der Waals surface area contributed by atoms with Crippen LogP contribution in [-0.4, -0.2) is 42.9 Å². The number of likely N-dealkylation sites (N-methyl/N-ethyl adjacent to an activating group) is 1. The molecular weight excluding hydrogens is 334 g/mol. The number of ether oxygens (including phenoxy) is 1. The van der Waals surface area contributed by atoms with Crippen LogP contribution in [0.3, 0.4) is 0 Å². The van der Waals surface area contributed by atoms with Gasteiger partial charge in [-0.1, -0.05) is 20.8 Å². The average molecular weight is 357 g/mol. The minimum atomic E-state index is -1.31. The van der Waals surface area contributed by atoms with Gasteiger partial charge in [0.1, 0.15) is 17.2 Å². The summed E-state index contributed by atoms with van der Waals surface area (Å²) in [5, 5.41) is 17.7. The van der Waals surface area contributed by atoms with Gasteiger partial charge in [0.25, 0.3) is 0 Å². The fourth-order valence-electron chi connectivity index (χ4n) is 2.20. The van der Waals surface area contributed by atoms with Crippen LogP contribution < -0.4 is 4.90 Å². The first-order valence-corrected chi connectivity index (χ1v) is 8.24. The third-order valence-electron chi connectivity index (χ3n) is 3.55. The number of carboxylic acid groups (broad SMARTS) is 1. The second-order valence-corrected chi connectivity index (χ2v) is 7.21. The van der Waals surface area contributed by atoms with Crippen molar-refractivity contribution >= 4 is 28.8 Å². The minimum Gasteiger partial charge on any atom is -0.477 e. The van der Waals surface area contributed by atoms with Crippen LogP contribution in [0.1, 0.15) is 26.7 Å². The molecule has 0 saturated heterocycles. The summed E-state index contributed by atoms with van der Waals surface area (Å²) in [6.45, 7) is 8.41. The third-order valence-corrected chi connectivity index (χ3v) is 3.55. The summed E-state index contributed by atoms with van der Waals surface area (Å²) in [6, 6.07) is 7.14. The highest BCUT2D eigenvalue weighted by Gasteiger charge is 2.12. The van der Waals surface area contributed by atoms with E-state index in [9.17, 15) is 4.79 Å². The van der Waals surface area contributed by atoms with Gasteiger partial charge in [0.2, 0.25) is 5.89 Å². The highest BCUT2D eigenvalue weighted by molar-refractivity contribution is 5.96. The fraction of sp³-hybridized carbons (Fsp3) is 0.421. The second kappa shape index (κ2) is 8.02. The number of nitriles is 1. The van der Waals surface area contributed by atoms with E-state index in [0.29, 0.717) is 24.3 Å². The molecule has 7 nitrogen and oxygen atoms in total. The van der Waals surface area contributed by atoms with E-state index in [0.717, 1.165) is 18.3 Å². The molecule has 0 atom stereocenters. The summed E-state index contributed by atoms with van der Waals surface area (Å²) in [6.07, 6.45) is 1.12. The standard InChI is InChI=1S/C19H23N3O4/c1-19(2,3)12-25-8-7-22(4)14-5-6-15-16(10-14)26-17(21-15)9-13(11-20)18(23)24/h5-6,9-10H,7-8,12H2,1-4H3,(H,23,24)/b13-9+. The number of carboxylic acids is 1. The third kappa shape index (κ3) is 5.33. The fourth-order valence-corrected chi connectivity index (χ4v) is 2.20. The van der Waals surface area contributed by atoms with E-state index in [1.54, 1.807) is 12.1 Å². The largest absolute Gasteiger partial charge is 0.477 e. The van der Waals surface area contributed by atoms with Crippen LogP contribution in [0.25, 0.3) is 17.2 Å². The highest BCUT2D eigenvalue weighted by atomic mass is 16.5. The maximum Gasteiger partial charge on any atom is 0.346 e. The zero-order chi connectivity index (χ0) is 19.3. The van der Waals surface area contributed by atoms with Crippen molar-refractivity contribution < 1.29 is 19.1 Å². The van der Waals surface area contributed by atoms with Crippen LogP contribution in [0.15, 0.2) is 28.2 Å². The summed E-state index contributed by atoms with van der Waals surface area (Å²) in [5.41, 5.74) is 1.77. The first-order valence-electron chi connectivity index (χ1n) is 8.24.